The third-order valence-electron chi connectivity index (χ3n) is 6.32. The van der Waals surface area contributed by atoms with Gasteiger partial charge in [-0.2, -0.15) is 0 Å². The van der Waals surface area contributed by atoms with Crippen LogP contribution in [-0.2, 0) is 11.3 Å². The number of rotatable bonds is 6. The van der Waals surface area contributed by atoms with E-state index >= 15 is 0 Å². The van der Waals surface area contributed by atoms with Crippen molar-refractivity contribution in [3.8, 4) is 0 Å². The van der Waals surface area contributed by atoms with Crippen molar-refractivity contribution in [3.63, 3.8) is 0 Å². The van der Waals surface area contributed by atoms with Crippen LogP contribution in [0.25, 0.3) is 0 Å². The van der Waals surface area contributed by atoms with Crippen LogP contribution in [0.3, 0.4) is 0 Å². The lowest BCUT2D eigenvalue weighted by Gasteiger charge is -2.32. The van der Waals surface area contributed by atoms with Gasteiger partial charge in [-0.1, -0.05) is 60.7 Å². The summed E-state index contributed by atoms with van der Waals surface area (Å²) in [6.45, 7) is 1.38. The maximum absolute atomic E-state index is 14.0. The van der Waals surface area contributed by atoms with Crippen molar-refractivity contribution in [2.75, 3.05) is 6.54 Å². The van der Waals surface area contributed by atoms with Gasteiger partial charge in [0.2, 0.25) is 0 Å². The summed E-state index contributed by atoms with van der Waals surface area (Å²) in [6.07, 6.45) is 4.48. The van der Waals surface area contributed by atoms with Crippen LogP contribution < -0.4 is 15.9 Å². The summed E-state index contributed by atoms with van der Waals surface area (Å²) in [4.78, 5) is 20.3. The summed E-state index contributed by atoms with van der Waals surface area (Å²) < 4.78 is 0. The van der Waals surface area contributed by atoms with Crippen molar-refractivity contribution >= 4 is 29.1 Å². The number of carbonyl (C=O) groups is 1. The Kier molecular flexibility index (Phi) is 5.83. The number of likely N-dealkylation sites (tertiary alicyclic amines) is 1. The van der Waals surface area contributed by atoms with E-state index in [1.807, 2.05) is 23.2 Å². The van der Waals surface area contributed by atoms with Gasteiger partial charge in [0.25, 0.3) is 5.91 Å². The molecule has 0 bridgehead atoms. The number of aromatic nitrogens is 1. The molecule has 2 heterocycles. The van der Waals surface area contributed by atoms with E-state index < -0.39 is 7.26 Å². The number of pyridine rings is 1. The van der Waals surface area contributed by atoms with Crippen molar-refractivity contribution in [1.29, 1.82) is 0 Å². The fourth-order valence-electron chi connectivity index (χ4n) is 4.93. The Morgan fingerprint density at radius 2 is 1.28 bits per heavy atom. The number of hydrogen-bond donors (Lipinski definition) is 0. The lowest BCUT2D eigenvalue weighted by molar-refractivity contribution is -0.127. The lowest BCUT2D eigenvalue weighted by Crippen LogP contribution is -2.42. The minimum atomic E-state index is -2.21. The third kappa shape index (κ3) is 3.63. The van der Waals surface area contributed by atoms with Crippen molar-refractivity contribution in [3.05, 3.63) is 121 Å². The Balaban J connectivity index is 1.66. The highest BCUT2D eigenvalue weighted by Gasteiger charge is 2.58. The zero-order valence-corrected chi connectivity index (χ0v) is 18.8. The summed E-state index contributed by atoms with van der Waals surface area (Å²) in [7, 11) is -2.21. The van der Waals surface area contributed by atoms with E-state index in [0.717, 1.165) is 18.5 Å². The Hall–Kier alpha value is -3.29. The highest BCUT2D eigenvalue weighted by molar-refractivity contribution is 7.96. The van der Waals surface area contributed by atoms with Gasteiger partial charge in [-0.15, -0.1) is 0 Å². The molecule has 158 valence electrons. The Labute approximate surface area is 190 Å². The van der Waals surface area contributed by atoms with Gasteiger partial charge in [0.1, 0.15) is 23.2 Å². The SMILES string of the molecule is O=C1[C@H]([P+](c2ccccc2)(c2ccccc2)c2ccccc2)CCN1Cc1cccnc1. The molecule has 0 N–H and O–H groups in total. The molecule has 0 spiro atoms. The van der Waals surface area contributed by atoms with E-state index in [2.05, 4.69) is 96.0 Å². The van der Waals surface area contributed by atoms with Gasteiger partial charge in [-0.05, 0) is 48.0 Å². The minimum absolute atomic E-state index is 0.0774. The molecule has 3 aromatic carbocycles. The van der Waals surface area contributed by atoms with Crippen LogP contribution in [-0.4, -0.2) is 28.0 Å². The second-order valence-electron chi connectivity index (χ2n) is 8.15. The zero-order valence-electron chi connectivity index (χ0n) is 17.9. The van der Waals surface area contributed by atoms with Crippen molar-refractivity contribution < 1.29 is 4.79 Å². The predicted molar refractivity (Wildman–Crippen MR) is 133 cm³/mol. The van der Waals surface area contributed by atoms with E-state index in [4.69, 9.17) is 0 Å². The van der Waals surface area contributed by atoms with Crippen LogP contribution in [0, 0.1) is 0 Å². The van der Waals surface area contributed by atoms with E-state index in [0.29, 0.717) is 6.54 Å². The number of carbonyl (C=O) groups excluding carboxylic acids is 1. The van der Waals surface area contributed by atoms with E-state index in [1.165, 1.54) is 15.9 Å². The highest BCUT2D eigenvalue weighted by atomic mass is 31.2. The molecule has 1 aliphatic rings. The van der Waals surface area contributed by atoms with Crippen LogP contribution in [0.4, 0.5) is 0 Å². The molecule has 3 nitrogen and oxygen atoms in total. The summed E-state index contributed by atoms with van der Waals surface area (Å²) in [5, 5.41) is 3.79. The fourth-order valence-corrected chi connectivity index (χ4v) is 9.83. The third-order valence-corrected chi connectivity index (χ3v) is 11.1. The first-order valence-electron chi connectivity index (χ1n) is 11.0. The maximum Gasteiger partial charge on any atom is 0.264 e. The Morgan fingerprint density at radius 3 is 1.75 bits per heavy atom. The quantitative estimate of drug-likeness (QED) is 0.424. The molecule has 0 radical (unpaired) electrons. The maximum atomic E-state index is 14.0. The normalized spacial score (nSPS) is 16.3. The monoisotopic (exact) mass is 437 g/mol. The number of hydrogen-bond acceptors (Lipinski definition) is 2. The zero-order chi connectivity index (χ0) is 21.8. The molecule has 4 aromatic rings. The van der Waals surface area contributed by atoms with Gasteiger partial charge in [-0.25, -0.2) is 0 Å². The molecule has 4 heteroatoms. The average Bonchev–Trinajstić information content (AvgIpc) is 3.22. The average molecular weight is 438 g/mol. The predicted octanol–water partition coefficient (Wildman–Crippen LogP) is 4.18. The molecular formula is C28H26N2OP+. The topological polar surface area (TPSA) is 33.2 Å². The van der Waals surface area contributed by atoms with E-state index in [9.17, 15) is 4.79 Å². The van der Waals surface area contributed by atoms with Crippen LogP contribution in [0.15, 0.2) is 116 Å². The summed E-state index contributed by atoms with van der Waals surface area (Å²) >= 11 is 0. The highest BCUT2D eigenvalue weighted by Crippen LogP contribution is 2.62. The first-order chi connectivity index (χ1) is 15.8. The van der Waals surface area contributed by atoms with Gasteiger partial charge < -0.3 is 4.90 Å². The Morgan fingerprint density at radius 1 is 0.750 bits per heavy atom. The number of amides is 1. The number of benzene rings is 3. The van der Waals surface area contributed by atoms with Gasteiger partial charge >= 0.3 is 0 Å². The van der Waals surface area contributed by atoms with Crippen molar-refractivity contribution in [2.24, 2.45) is 0 Å². The molecule has 1 fully saturated rings. The molecule has 5 rings (SSSR count). The van der Waals surface area contributed by atoms with Crippen LogP contribution in [0.1, 0.15) is 12.0 Å². The first kappa shape index (κ1) is 20.6. The van der Waals surface area contributed by atoms with Gasteiger partial charge in [0.05, 0.1) is 0 Å². The van der Waals surface area contributed by atoms with Crippen LogP contribution in [0.2, 0.25) is 0 Å². The van der Waals surface area contributed by atoms with E-state index in [1.54, 1.807) is 6.20 Å². The molecule has 1 atom stereocenters. The second kappa shape index (κ2) is 9.06. The molecule has 1 amide bonds. The minimum Gasteiger partial charge on any atom is -0.335 e. The standard InChI is InChI=1S/C28H26N2OP/c31-28-27(18-20-30(28)22-23-11-10-19-29-21-23)32(24-12-4-1-5-13-24,25-14-6-2-7-15-25)26-16-8-3-9-17-26/h1-17,19,21,27H,18,20,22H2/q+1/t27-/m1/s1. The van der Waals surface area contributed by atoms with Crippen molar-refractivity contribution in [2.45, 2.75) is 18.6 Å². The van der Waals surface area contributed by atoms with Crippen LogP contribution in [0.5, 0.6) is 0 Å². The Bertz CT molecular complexity index is 1070. The summed E-state index contributed by atoms with van der Waals surface area (Å²) in [5.41, 5.74) is 0.996. The first-order valence-corrected chi connectivity index (χ1v) is 12.9. The second-order valence-corrected chi connectivity index (χ2v) is 11.8. The van der Waals surface area contributed by atoms with Crippen LogP contribution >= 0.6 is 7.26 Å². The van der Waals surface area contributed by atoms with Gasteiger partial charge in [0, 0.05) is 31.9 Å². The lowest BCUT2D eigenvalue weighted by atomic mass is 10.3. The molecule has 32 heavy (non-hydrogen) atoms. The fraction of sp³-hybridized carbons (Fsp3) is 0.143. The van der Waals surface area contributed by atoms with Gasteiger partial charge in [-0.3, -0.25) is 9.78 Å². The molecule has 0 saturated carbocycles. The number of nitrogens with zero attached hydrogens (tertiary/aromatic N) is 2. The summed E-state index contributed by atoms with van der Waals surface area (Å²) in [6, 6.07) is 36.0. The molecule has 1 saturated heterocycles. The molecular weight excluding hydrogens is 411 g/mol. The molecule has 0 aliphatic carbocycles. The smallest absolute Gasteiger partial charge is 0.264 e. The molecule has 1 aromatic heterocycles. The molecule has 0 unspecified atom stereocenters. The molecule has 1 aliphatic heterocycles. The van der Waals surface area contributed by atoms with Crippen molar-refractivity contribution in [1.82, 2.24) is 9.88 Å². The van der Waals surface area contributed by atoms with E-state index in [-0.39, 0.29) is 11.6 Å². The summed E-state index contributed by atoms with van der Waals surface area (Å²) in [5.74, 6) is 0.249. The largest absolute Gasteiger partial charge is 0.335 e. The van der Waals surface area contributed by atoms with Gasteiger partial charge in [0.15, 0.2) is 5.66 Å².